The molecule has 0 aromatic carbocycles. The van der Waals surface area contributed by atoms with Crippen molar-refractivity contribution in [1.29, 1.82) is 0 Å². The summed E-state index contributed by atoms with van der Waals surface area (Å²) in [5.41, 5.74) is -0.301. The molecule has 0 aliphatic carbocycles. The van der Waals surface area contributed by atoms with Crippen LogP contribution in [0.5, 0.6) is 0 Å². The van der Waals surface area contributed by atoms with Crippen LogP contribution in [0.4, 0.5) is 8.78 Å². The largest absolute Gasteiger partial charge is 0.465 e. The molecule has 3 nitrogen and oxygen atoms in total. The summed E-state index contributed by atoms with van der Waals surface area (Å²) in [5, 5.41) is 0. The second kappa shape index (κ2) is 4.65. The number of alkyl halides is 2. The van der Waals surface area contributed by atoms with Crippen LogP contribution in [0.3, 0.4) is 0 Å². The summed E-state index contributed by atoms with van der Waals surface area (Å²) < 4.78 is 29.9. The summed E-state index contributed by atoms with van der Waals surface area (Å²) in [6, 6.07) is 0. The molecule has 0 saturated heterocycles. The number of nitrogens with zero attached hydrogens (tertiary/aromatic N) is 1. The van der Waals surface area contributed by atoms with Gasteiger partial charge in [0.2, 0.25) is 0 Å². The Balaban J connectivity index is 3.45. The number of halogens is 3. The Labute approximate surface area is 93.6 Å². The lowest BCUT2D eigenvalue weighted by Gasteiger charge is -2.10. The zero-order valence-electron chi connectivity index (χ0n) is 8.05. The number of carbonyl (C=O) groups is 1. The zero-order valence-corrected chi connectivity index (χ0v) is 9.64. The molecule has 1 aromatic rings. The van der Waals surface area contributed by atoms with Crippen molar-refractivity contribution in [1.82, 2.24) is 4.98 Å². The van der Waals surface area contributed by atoms with Crippen molar-refractivity contribution in [2.24, 2.45) is 0 Å². The van der Waals surface area contributed by atoms with Crippen LogP contribution in [0.1, 0.15) is 27.9 Å². The molecule has 0 amide bonds. The smallest absolute Gasteiger partial charge is 0.341 e. The molecule has 1 aromatic heterocycles. The Kier molecular flexibility index (Phi) is 3.73. The Morgan fingerprint density at radius 3 is 2.67 bits per heavy atom. The number of esters is 1. The van der Waals surface area contributed by atoms with Gasteiger partial charge in [-0.15, -0.1) is 0 Å². The Morgan fingerprint density at radius 2 is 2.20 bits per heavy atom. The molecule has 15 heavy (non-hydrogen) atoms. The van der Waals surface area contributed by atoms with E-state index in [9.17, 15) is 13.6 Å². The molecule has 0 spiro atoms. The van der Waals surface area contributed by atoms with E-state index in [-0.39, 0.29) is 21.3 Å². The van der Waals surface area contributed by atoms with E-state index in [1.54, 1.807) is 0 Å². The predicted octanol–water partition coefficient (Wildman–Crippen LogP) is 2.88. The lowest BCUT2D eigenvalue weighted by atomic mass is 10.1. The molecule has 6 heteroatoms. The lowest BCUT2D eigenvalue weighted by Crippen LogP contribution is -2.10. The number of methoxy groups -OCH3 is 1. The fourth-order valence-corrected chi connectivity index (χ4v) is 1.65. The quantitative estimate of drug-likeness (QED) is 0.617. The van der Waals surface area contributed by atoms with Crippen LogP contribution < -0.4 is 0 Å². The van der Waals surface area contributed by atoms with Crippen molar-refractivity contribution in [2.75, 3.05) is 7.11 Å². The van der Waals surface area contributed by atoms with Crippen molar-refractivity contribution in [3.8, 4) is 0 Å². The number of carbonyl (C=O) groups excluding carboxylic acids is 1. The number of hydrogen-bond donors (Lipinski definition) is 0. The van der Waals surface area contributed by atoms with Gasteiger partial charge in [0.25, 0.3) is 6.43 Å². The van der Waals surface area contributed by atoms with Gasteiger partial charge in [-0.2, -0.15) is 0 Å². The summed E-state index contributed by atoms with van der Waals surface area (Å²) in [4.78, 5) is 15.1. The minimum atomic E-state index is -2.74. The topological polar surface area (TPSA) is 39.2 Å². The van der Waals surface area contributed by atoms with Crippen LogP contribution in [0.15, 0.2) is 10.8 Å². The molecular formula is C9H8BrF2NO2. The maximum atomic E-state index is 12.7. The number of aromatic nitrogens is 1. The van der Waals surface area contributed by atoms with E-state index < -0.39 is 12.4 Å². The Hall–Kier alpha value is -1.04. The first-order valence-electron chi connectivity index (χ1n) is 4.00. The second-order valence-corrected chi connectivity index (χ2v) is 3.56. The lowest BCUT2D eigenvalue weighted by molar-refractivity contribution is 0.0587. The summed E-state index contributed by atoms with van der Waals surface area (Å²) in [6.45, 7) is 1.47. The van der Waals surface area contributed by atoms with Gasteiger partial charge in [0.1, 0.15) is 10.2 Å². The first kappa shape index (κ1) is 12.0. The molecule has 0 radical (unpaired) electrons. The molecular weight excluding hydrogens is 272 g/mol. The molecule has 1 rings (SSSR count). The van der Waals surface area contributed by atoms with Crippen LogP contribution in [-0.2, 0) is 4.74 Å². The number of aryl methyl sites for hydroxylation is 1. The number of pyridine rings is 1. The van der Waals surface area contributed by atoms with Gasteiger partial charge < -0.3 is 4.74 Å². The summed E-state index contributed by atoms with van der Waals surface area (Å²) in [5.74, 6) is -0.826. The van der Waals surface area contributed by atoms with Crippen LogP contribution in [0, 0.1) is 6.92 Å². The normalized spacial score (nSPS) is 10.5. The Bertz CT molecular complexity index is 396. The van der Waals surface area contributed by atoms with Gasteiger partial charge in [0, 0.05) is 11.8 Å². The van der Waals surface area contributed by atoms with Gasteiger partial charge in [-0.3, -0.25) is 0 Å². The predicted molar refractivity (Wildman–Crippen MR) is 53.0 cm³/mol. The first-order chi connectivity index (χ1) is 6.99. The summed E-state index contributed by atoms with van der Waals surface area (Å²) in [6.07, 6.45) is -1.46. The highest BCUT2D eigenvalue weighted by Gasteiger charge is 2.24. The van der Waals surface area contributed by atoms with Crippen LogP contribution in [0.2, 0.25) is 0 Å². The summed E-state index contributed by atoms with van der Waals surface area (Å²) >= 11 is 2.95. The first-order valence-corrected chi connectivity index (χ1v) is 4.79. The van der Waals surface area contributed by atoms with E-state index >= 15 is 0 Å². The molecule has 0 aliphatic rings. The van der Waals surface area contributed by atoms with E-state index in [2.05, 4.69) is 25.7 Å². The average Bonchev–Trinajstić information content (AvgIpc) is 2.19. The van der Waals surface area contributed by atoms with E-state index in [0.29, 0.717) is 0 Å². The average molecular weight is 280 g/mol. The van der Waals surface area contributed by atoms with Gasteiger partial charge in [-0.05, 0) is 28.4 Å². The summed E-state index contributed by atoms with van der Waals surface area (Å²) in [7, 11) is 1.13. The molecule has 0 fully saturated rings. The van der Waals surface area contributed by atoms with Gasteiger partial charge in [0.15, 0.2) is 0 Å². The monoisotopic (exact) mass is 279 g/mol. The molecule has 0 atom stereocenters. The fraction of sp³-hybridized carbons (Fsp3) is 0.333. The van der Waals surface area contributed by atoms with Crippen molar-refractivity contribution in [3.63, 3.8) is 0 Å². The van der Waals surface area contributed by atoms with Crippen molar-refractivity contribution in [2.45, 2.75) is 13.3 Å². The number of hydrogen-bond acceptors (Lipinski definition) is 3. The third-order valence-corrected chi connectivity index (χ3v) is 2.48. The highest BCUT2D eigenvalue weighted by molar-refractivity contribution is 9.10. The molecule has 0 unspecified atom stereocenters. The van der Waals surface area contributed by atoms with Gasteiger partial charge in [-0.25, -0.2) is 18.6 Å². The van der Waals surface area contributed by atoms with E-state index in [0.717, 1.165) is 7.11 Å². The highest BCUT2D eigenvalue weighted by Crippen LogP contribution is 2.30. The van der Waals surface area contributed by atoms with Gasteiger partial charge in [0.05, 0.1) is 7.11 Å². The van der Waals surface area contributed by atoms with E-state index in [4.69, 9.17) is 0 Å². The van der Waals surface area contributed by atoms with Crippen LogP contribution in [-0.4, -0.2) is 18.1 Å². The van der Waals surface area contributed by atoms with Gasteiger partial charge in [-0.1, -0.05) is 0 Å². The highest BCUT2D eigenvalue weighted by atomic mass is 79.9. The van der Waals surface area contributed by atoms with Crippen molar-refractivity contribution >= 4 is 21.9 Å². The number of ether oxygens (including phenoxy) is 1. The van der Waals surface area contributed by atoms with Crippen LogP contribution in [0.25, 0.3) is 0 Å². The molecule has 0 saturated carbocycles. The number of rotatable bonds is 2. The van der Waals surface area contributed by atoms with E-state index in [1.165, 1.54) is 13.1 Å². The minimum absolute atomic E-state index is 0.0650. The zero-order chi connectivity index (χ0) is 11.6. The van der Waals surface area contributed by atoms with E-state index in [1.807, 2.05) is 0 Å². The minimum Gasteiger partial charge on any atom is -0.465 e. The molecule has 0 N–H and O–H groups in total. The fourth-order valence-electron chi connectivity index (χ4n) is 1.17. The maximum Gasteiger partial charge on any atom is 0.341 e. The molecule has 0 bridgehead atoms. The molecule has 82 valence electrons. The third kappa shape index (κ3) is 2.31. The third-order valence-electron chi connectivity index (χ3n) is 1.88. The SMILES string of the molecule is COC(=O)c1c(Br)ncc(C)c1C(F)F. The Morgan fingerprint density at radius 1 is 1.60 bits per heavy atom. The van der Waals surface area contributed by atoms with Gasteiger partial charge >= 0.3 is 5.97 Å². The van der Waals surface area contributed by atoms with Crippen LogP contribution >= 0.6 is 15.9 Å². The maximum absolute atomic E-state index is 12.7. The molecule has 1 heterocycles. The second-order valence-electron chi connectivity index (χ2n) is 2.81. The standard InChI is InChI=1S/C9H8BrF2NO2/c1-4-3-13-7(10)6(9(14)15-2)5(4)8(11)12/h3,8H,1-2H3. The van der Waals surface area contributed by atoms with Crippen molar-refractivity contribution < 1.29 is 18.3 Å². The van der Waals surface area contributed by atoms with Crippen molar-refractivity contribution in [3.05, 3.63) is 27.5 Å². The molecule has 0 aliphatic heterocycles.